The number of furan rings is 1. The number of nitrogens with two attached hydrogens (primary N) is 1. The number of hydrogen-bond donors (Lipinski definition) is 2. The molecule has 24 heavy (non-hydrogen) atoms. The van der Waals surface area contributed by atoms with E-state index < -0.39 is 0 Å². The van der Waals surface area contributed by atoms with Crippen LogP contribution in [0.3, 0.4) is 0 Å². The zero-order valence-electron chi connectivity index (χ0n) is 13.7. The number of nitrogens with zero attached hydrogens (tertiary/aromatic N) is 2. The van der Waals surface area contributed by atoms with Gasteiger partial charge in [-0.2, -0.15) is 0 Å². The SMILES string of the molecule is NCc1cc(C(=O)NC2CC(=O)N(CCN3CCOCC3)C2)co1. The van der Waals surface area contributed by atoms with Crippen molar-refractivity contribution in [3.63, 3.8) is 0 Å². The fourth-order valence-corrected chi connectivity index (χ4v) is 3.05. The molecule has 0 aromatic carbocycles. The second kappa shape index (κ2) is 7.78. The Morgan fingerprint density at radius 3 is 2.83 bits per heavy atom. The van der Waals surface area contributed by atoms with Crippen molar-refractivity contribution in [1.29, 1.82) is 0 Å². The van der Waals surface area contributed by atoms with E-state index in [1.165, 1.54) is 6.26 Å². The van der Waals surface area contributed by atoms with Crippen molar-refractivity contribution in [1.82, 2.24) is 15.1 Å². The zero-order valence-corrected chi connectivity index (χ0v) is 13.7. The molecular weight excluding hydrogens is 312 g/mol. The molecule has 2 fully saturated rings. The molecule has 2 amide bonds. The molecule has 1 aromatic heterocycles. The van der Waals surface area contributed by atoms with E-state index in [0.29, 0.717) is 30.8 Å². The maximum absolute atomic E-state index is 12.2. The summed E-state index contributed by atoms with van der Waals surface area (Å²) in [5.41, 5.74) is 5.91. The Morgan fingerprint density at radius 2 is 2.12 bits per heavy atom. The first-order chi connectivity index (χ1) is 11.7. The van der Waals surface area contributed by atoms with Crippen LogP contribution in [0.2, 0.25) is 0 Å². The van der Waals surface area contributed by atoms with Crippen LogP contribution >= 0.6 is 0 Å². The van der Waals surface area contributed by atoms with Gasteiger partial charge in [-0.05, 0) is 6.07 Å². The molecule has 3 N–H and O–H groups in total. The second-order valence-corrected chi connectivity index (χ2v) is 6.17. The van der Waals surface area contributed by atoms with Crippen LogP contribution in [0.4, 0.5) is 0 Å². The number of likely N-dealkylation sites (tertiary alicyclic amines) is 1. The molecule has 1 unspecified atom stereocenters. The number of rotatable bonds is 6. The predicted molar refractivity (Wildman–Crippen MR) is 86.3 cm³/mol. The highest BCUT2D eigenvalue weighted by Gasteiger charge is 2.31. The number of nitrogens with one attached hydrogen (secondary N) is 1. The lowest BCUT2D eigenvalue weighted by Gasteiger charge is -2.28. The van der Waals surface area contributed by atoms with E-state index in [9.17, 15) is 9.59 Å². The van der Waals surface area contributed by atoms with Crippen LogP contribution in [-0.2, 0) is 16.1 Å². The summed E-state index contributed by atoms with van der Waals surface area (Å²) < 4.78 is 10.5. The average Bonchev–Trinajstić information content (AvgIpc) is 3.20. The Labute approximate surface area is 140 Å². The minimum atomic E-state index is -0.230. The highest BCUT2D eigenvalue weighted by molar-refractivity contribution is 5.94. The normalized spacial score (nSPS) is 22.1. The Balaban J connectivity index is 1.46. The van der Waals surface area contributed by atoms with Gasteiger partial charge in [-0.25, -0.2) is 0 Å². The molecule has 0 radical (unpaired) electrons. The summed E-state index contributed by atoms with van der Waals surface area (Å²) in [5.74, 6) is 0.421. The van der Waals surface area contributed by atoms with Gasteiger partial charge in [-0.3, -0.25) is 14.5 Å². The van der Waals surface area contributed by atoms with E-state index >= 15 is 0 Å². The molecule has 1 atom stereocenters. The second-order valence-electron chi connectivity index (χ2n) is 6.17. The highest BCUT2D eigenvalue weighted by Crippen LogP contribution is 2.13. The minimum Gasteiger partial charge on any atom is -0.467 e. The standard InChI is InChI=1S/C16H24N4O4/c17-9-14-7-12(11-24-14)16(22)18-13-8-15(21)20(10-13)2-1-19-3-5-23-6-4-19/h7,11,13H,1-6,8-10,17H2,(H,18,22). The van der Waals surface area contributed by atoms with E-state index in [2.05, 4.69) is 10.2 Å². The van der Waals surface area contributed by atoms with Crippen molar-refractivity contribution in [2.75, 3.05) is 45.9 Å². The van der Waals surface area contributed by atoms with Gasteiger partial charge in [-0.1, -0.05) is 0 Å². The first-order valence-corrected chi connectivity index (χ1v) is 8.32. The summed E-state index contributed by atoms with van der Waals surface area (Å²) in [6.07, 6.45) is 1.74. The largest absolute Gasteiger partial charge is 0.467 e. The highest BCUT2D eigenvalue weighted by atomic mass is 16.5. The van der Waals surface area contributed by atoms with Crippen LogP contribution in [0.1, 0.15) is 22.5 Å². The molecule has 3 heterocycles. The average molecular weight is 336 g/mol. The monoisotopic (exact) mass is 336 g/mol. The third-order valence-corrected chi connectivity index (χ3v) is 4.46. The van der Waals surface area contributed by atoms with Gasteiger partial charge < -0.3 is 25.1 Å². The molecule has 132 valence electrons. The number of amides is 2. The van der Waals surface area contributed by atoms with Gasteiger partial charge in [0.05, 0.1) is 31.4 Å². The van der Waals surface area contributed by atoms with Crippen molar-refractivity contribution < 1.29 is 18.7 Å². The van der Waals surface area contributed by atoms with Gasteiger partial charge in [0.25, 0.3) is 5.91 Å². The van der Waals surface area contributed by atoms with Crippen molar-refractivity contribution in [3.05, 3.63) is 23.7 Å². The molecule has 0 aliphatic carbocycles. The zero-order chi connectivity index (χ0) is 16.9. The molecule has 1 aromatic rings. The first kappa shape index (κ1) is 16.9. The van der Waals surface area contributed by atoms with Crippen LogP contribution in [-0.4, -0.2) is 73.6 Å². The molecule has 0 bridgehead atoms. The molecule has 3 rings (SSSR count). The fourth-order valence-electron chi connectivity index (χ4n) is 3.05. The number of hydrogen-bond acceptors (Lipinski definition) is 6. The number of carbonyl (C=O) groups excluding carboxylic acids is 2. The summed E-state index contributed by atoms with van der Waals surface area (Å²) in [6, 6.07) is 1.47. The Kier molecular flexibility index (Phi) is 5.49. The molecule has 2 aliphatic heterocycles. The Hall–Kier alpha value is -1.90. The van der Waals surface area contributed by atoms with Crippen LogP contribution in [0.15, 0.2) is 16.7 Å². The third-order valence-electron chi connectivity index (χ3n) is 4.46. The van der Waals surface area contributed by atoms with Crippen LogP contribution in [0, 0.1) is 0 Å². The lowest BCUT2D eigenvalue weighted by atomic mass is 10.2. The lowest BCUT2D eigenvalue weighted by Crippen LogP contribution is -2.42. The van der Waals surface area contributed by atoms with Crippen LogP contribution in [0.25, 0.3) is 0 Å². The van der Waals surface area contributed by atoms with E-state index in [4.69, 9.17) is 14.9 Å². The van der Waals surface area contributed by atoms with Crippen LogP contribution < -0.4 is 11.1 Å². The summed E-state index contributed by atoms with van der Waals surface area (Å²) >= 11 is 0. The van der Waals surface area contributed by atoms with Crippen molar-refractivity contribution >= 4 is 11.8 Å². The topological polar surface area (TPSA) is 101 Å². The molecule has 0 spiro atoms. The van der Waals surface area contributed by atoms with E-state index in [0.717, 1.165) is 32.8 Å². The number of carbonyl (C=O) groups is 2. The Morgan fingerprint density at radius 1 is 1.33 bits per heavy atom. The Bertz CT molecular complexity index is 582. The van der Waals surface area contributed by atoms with Gasteiger partial charge in [0.1, 0.15) is 12.0 Å². The minimum absolute atomic E-state index is 0.0865. The lowest BCUT2D eigenvalue weighted by molar-refractivity contribution is -0.128. The van der Waals surface area contributed by atoms with Gasteiger partial charge in [0.2, 0.25) is 5.91 Å². The summed E-state index contributed by atoms with van der Waals surface area (Å²) in [4.78, 5) is 28.4. The third kappa shape index (κ3) is 4.14. The van der Waals surface area contributed by atoms with Gasteiger partial charge in [0, 0.05) is 39.1 Å². The smallest absolute Gasteiger partial charge is 0.254 e. The van der Waals surface area contributed by atoms with Gasteiger partial charge >= 0.3 is 0 Å². The van der Waals surface area contributed by atoms with Crippen molar-refractivity contribution in [3.8, 4) is 0 Å². The number of ether oxygens (including phenoxy) is 1. The molecule has 2 aliphatic rings. The van der Waals surface area contributed by atoms with Crippen LogP contribution in [0.5, 0.6) is 0 Å². The predicted octanol–water partition coefficient (Wildman–Crippen LogP) is -0.599. The maximum atomic E-state index is 12.2. The molecular formula is C16H24N4O4. The number of morpholine rings is 1. The van der Waals surface area contributed by atoms with Gasteiger partial charge in [-0.15, -0.1) is 0 Å². The van der Waals surface area contributed by atoms with E-state index in [1.807, 2.05) is 4.90 Å². The molecule has 0 saturated carbocycles. The summed E-state index contributed by atoms with van der Waals surface area (Å²) in [5, 5.41) is 2.90. The van der Waals surface area contributed by atoms with Gasteiger partial charge in [0.15, 0.2) is 0 Å². The first-order valence-electron chi connectivity index (χ1n) is 8.32. The quantitative estimate of drug-likeness (QED) is 0.719. The fraction of sp³-hybridized carbons (Fsp3) is 0.625. The van der Waals surface area contributed by atoms with Crippen molar-refractivity contribution in [2.24, 2.45) is 5.73 Å². The van der Waals surface area contributed by atoms with E-state index in [1.54, 1.807) is 6.07 Å². The molecule has 8 heteroatoms. The maximum Gasteiger partial charge on any atom is 0.254 e. The van der Waals surface area contributed by atoms with Crippen molar-refractivity contribution in [2.45, 2.75) is 19.0 Å². The molecule has 8 nitrogen and oxygen atoms in total. The summed E-state index contributed by atoms with van der Waals surface area (Å²) in [7, 11) is 0. The molecule has 2 saturated heterocycles. The van der Waals surface area contributed by atoms with E-state index in [-0.39, 0.29) is 24.4 Å². The summed E-state index contributed by atoms with van der Waals surface area (Å²) in [6.45, 7) is 5.66.